The van der Waals surface area contributed by atoms with E-state index in [1.165, 1.54) is 0 Å². The van der Waals surface area contributed by atoms with Crippen molar-refractivity contribution >= 4 is 33.3 Å². The van der Waals surface area contributed by atoms with E-state index >= 15 is 4.39 Å². The Bertz CT molecular complexity index is 1900. The number of aromatic nitrogens is 1. The van der Waals surface area contributed by atoms with Crippen molar-refractivity contribution in [3.8, 4) is 22.4 Å². The van der Waals surface area contributed by atoms with Crippen molar-refractivity contribution in [1.82, 2.24) is 0 Å². The van der Waals surface area contributed by atoms with Gasteiger partial charge in [-0.25, -0.2) is 8.96 Å². The number of hydrogen-bond donors (Lipinski definition) is 0. The Labute approximate surface area is 227 Å². The van der Waals surface area contributed by atoms with Crippen LogP contribution in [-0.4, -0.2) is 6.54 Å². The van der Waals surface area contributed by atoms with Crippen LogP contribution in [0.2, 0.25) is 0 Å². The second-order valence-corrected chi connectivity index (χ2v) is 11.2. The van der Waals surface area contributed by atoms with E-state index in [1.807, 2.05) is 49.6 Å². The first kappa shape index (κ1) is 23.7. The van der Waals surface area contributed by atoms with E-state index < -0.39 is 0 Å². The van der Waals surface area contributed by atoms with Crippen LogP contribution in [0.1, 0.15) is 25.0 Å². The monoisotopic (exact) mass is 513 g/mol. The summed E-state index contributed by atoms with van der Waals surface area (Å²) in [5, 5.41) is 1.92. The molecule has 0 fully saturated rings. The van der Waals surface area contributed by atoms with Gasteiger partial charge in [-0.15, -0.1) is 0 Å². The molecule has 4 heteroatoms. The quantitative estimate of drug-likeness (QED) is 0.221. The van der Waals surface area contributed by atoms with Crippen LogP contribution in [0.5, 0.6) is 0 Å². The standard InChI is InChI=1S/C35H30FN2O/c1-22-16-17-24-25-18-19-27(36)31(34(25)39-33(24)30(22)28-14-8-9-20-37(28)4)26-13-10-15-29-32(26)35(2,3)21-38(29)23-11-6-5-7-12-23/h5-20H,21H2,1-4H3/q+1. The Morgan fingerprint density at radius 1 is 0.795 bits per heavy atom. The highest BCUT2D eigenvalue weighted by Crippen LogP contribution is 2.51. The fourth-order valence-corrected chi connectivity index (χ4v) is 6.41. The van der Waals surface area contributed by atoms with Crippen LogP contribution in [0.4, 0.5) is 15.8 Å². The normalized spacial score (nSPS) is 14.3. The summed E-state index contributed by atoms with van der Waals surface area (Å²) in [6.07, 6.45) is 2.04. The van der Waals surface area contributed by atoms with Gasteiger partial charge in [-0.2, -0.15) is 0 Å². The molecule has 0 aliphatic carbocycles. The predicted molar refractivity (Wildman–Crippen MR) is 157 cm³/mol. The van der Waals surface area contributed by atoms with Gasteiger partial charge in [-0.3, -0.25) is 0 Å². The van der Waals surface area contributed by atoms with Crippen LogP contribution in [0.3, 0.4) is 0 Å². The Morgan fingerprint density at radius 3 is 2.28 bits per heavy atom. The van der Waals surface area contributed by atoms with Gasteiger partial charge in [0.1, 0.15) is 24.0 Å². The Balaban J connectivity index is 1.53. The zero-order valence-electron chi connectivity index (χ0n) is 22.6. The number of anilines is 2. The average molecular weight is 514 g/mol. The van der Waals surface area contributed by atoms with Crippen molar-refractivity contribution in [2.24, 2.45) is 7.05 Å². The topological polar surface area (TPSA) is 20.3 Å². The summed E-state index contributed by atoms with van der Waals surface area (Å²) in [4.78, 5) is 2.34. The lowest BCUT2D eigenvalue weighted by Gasteiger charge is -2.23. The van der Waals surface area contributed by atoms with Gasteiger partial charge in [0.25, 0.3) is 0 Å². The molecule has 7 rings (SSSR count). The number of rotatable bonds is 3. The third-order valence-corrected chi connectivity index (χ3v) is 8.18. The maximum atomic E-state index is 16.0. The van der Waals surface area contributed by atoms with Gasteiger partial charge < -0.3 is 9.32 Å². The zero-order valence-corrected chi connectivity index (χ0v) is 22.6. The lowest BCUT2D eigenvalue weighted by atomic mass is 9.81. The maximum Gasteiger partial charge on any atom is 0.216 e. The largest absolute Gasteiger partial charge is 0.454 e. The minimum atomic E-state index is -0.271. The number of aryl methyl sites for hydroxylation is 2. The summed E-state index contributed by atoms with van der Waals surface area (Å²) in [5.74, 6) is -0.271. The summed E-state index contributed by atoms with van der Waals surface area (Å²) in [6, 6.07) is 30.5. The van der Waals surface area contributed by atoms with Gasteiger partial charge in [0.2, 0.25) is 5.69 Å². The molecule has 0 saturated carbocycles. The van der Waals surface area contributed by atoms with Crippen LogP contribution in [-0.2, 0) is 12.5 Å². The lowest BCUT2D eigenvalue weighted by Crippen LogP contribution is -2.30. The first-order valence-corrected chi connectivity index (χ1v) is 13.4. The molecular formula is C35H30FN2O+. The molecule has 0 N–H and O–H groups in total. The molecule has 0 radical (unpaired) electrons. The minimum absolute atomic E-state index is 0.193. The van der Waals surface area contributed by atoms with Crippen molar-refractivity contribution < 1.29 is 13.4 Å². The maximum absolute atomic E-state index is 16.0. The van der Waals surface area contributed by atoms with E-state index in [4.69, 9.17) is 4.42 Å². The van der Waals surface area contributed by atoms with E-state index in [-0.39, 0.29) is 11.2 Å². The van der Waals surface area contributed by atoms with E-state index in [0.717, 1.165) is 62.2 Å². The molecule has 0 spiro atoms. The van der Waals surface area contributed by atoms with Gasteiger partial charge in [0, 0.05) is 46.2 Å². The van der Waals surface area contributed by atoms with Crippen molar-refractivity contribution in [3.05, 3.63) is 114 Å². The summed E-state index contributed by atoms with van der Waals surface area (Å²) in [7, 11) is 2.04. The molecule has 6 aromatic rings. The molecule has 3 heterocycles. The molecule has 3 nitrogen and oxygen atoms in total. The van der Waals surface area contributed by atoms with E-state index in [0.29, 0.717) is 11.1 Å². The number of hydrogen-bond acceptors (Lipinski definition) is 2. The third kappa shape index (κ3) is 3.51. The summed E-state index contributed by atoms with van der Waals surface area (Å²) < 4.78 is 24.8. The predicted octanol–water partition coefficient (Wildman–Crippen LogP) is 8.62. The highest BCUT2D eigenvalue weighted by molar-refractivity contribution is 6.13. The lowest BCUT2D eigenvalue weighted by molar-refractivity contribution is -0.660. The molecule has 1 aliphatic heterocycles. The highest BCUT2D eigenvalue weighted by atomic mass is 19.1. The first-order valence-electron chi connectivity index (χ1n) is 13.4. The second-order valence-electron chi connectivity index (χ2n) is 11.2. The number of para-hydroxylation sites is 1. The second kappa shape index (κ2) is 8.54. The smallest absolute Gasteiger partial charge is 0.216 e. The van der Waals surface area contributed by atoms with Crippen molar-refractivity contribution in [3.63, 3.8) is 0 Å². The first-order chi connectivity index (χ1) is 18.8. The molecule has 39 heavy (non-hydrogen) atoms. The van der Waals surface area contributed by atoms with Gasteiger partial charge in [-0.05, 0) is 60.0 Å². The number of nitrogens with zero attached hydrogens (tertiary/aromatic N) is 2. The van der Waals surface area contributed by atoms with Gasteiger partial charge in [-0.1, -0.05) is 56.3 Å². The molecule has 0 unspecified atom stereocenters. The van der Waals surface area contributed by atoms with Crippen molar-refractivity contribution in [1.29, 1.82) is 0 Å². The van der Waals surface area contributed by atoms with Gasteiger partial charge >= 0.3 is 0 Å². The highest BCUT2D eigenvalue weighted by Gasteiger charge is 2.39. The van der Waals surface area contributed by atoms with Crippen molar-refractivity contribution in [2.75, 3.05) is 11.4 Å². The van der Waals surface area contributed by atoms with Crippen molar-refractivity contribution in [2.45, 2.75) is 26.2 Å². The van der Waals surface area contributed by atoms with Gasteiger partial charge in [0.15, 0.2) is 6.20 Å². The molecule has 2 aromatic heterocycles. The van der Waals surface area contributed by atoms with E-state index in [1.54, 1.807) is 6.07 Å². The number of fused-ring (bicyclic) bond motifs is 4. The Morgan fingerprint density at radius 2 is 1.51 bits per heavy atom. The summed E-state index contributed by atoms with van der Waals surface area (Å²) in [5.41, 5.74) is 9.22. The number of benzene rings is 4. The molecule has 192 valence electrons. The van der Waals surface area contributed by atoms with Crippen LogP contribution in [0.15, 0.2) is 102 Å². The molecule has 4 aromatic carbocycles. The molecule has 0 atom stereocenters. The molecule has 0 saturated heterocycles. The molecule has 0 bridgehead atoms. The fraction of sp³-hybridized carbons (Fsp3) is 0.171. The van der Waals surface area contributed by atoms with Gasteiger partial charge in [0.05, 0.1) is 11.1 Å². The zero-order chi connectivity index (χ0) is 26.9. The molecular weight excluding hydrogens is 483 g/mol. The van der Waals surface area contributed by atoms with Crippen LogP contribution < -0.4 is 9.47 Å². The Hall–Kier alpha value is -4.44. The SMILES string of the molecule is Cc1ccc2c(oc3c(-c4cccc5c4C(C)(C)CN5c4ccccc4)c(F)ccc32)c1-c1cccc[n+]1C. The summed E-state index contributed by atoms with van der Waals surface area (Å²) >= 11 is 0. The van der Waals surface area contributed by atoms with Crippen LogP contribution in [0.25, 0.3) is 44.3 Å². The Kier molecular flexibility index (Phi) is 5.18. The van der Waals surface area contributed by atoms with Crippen LogP contribution >= 0.6 is 0 Å². The number of pyridine rings is 1. The number of furan rings is 1. The van der Waals surface area contributed by atoms with Crippen LogP contribution in [0, 0.1) is 12.7 Å². The molecule has 1 aliphatic rings. The van der Waals surface area contributed by atoms with E-state index in [9.17, 15) is 0 Å². The fourth-order valence-electron chi connectivity index (χ4n) is 6.41. The molecule has 0 amide bonds. The van der Waals surface area contributed by atoms with E-state index in [2.05, 4.69) is 78.8 Å². The summed E-state index contributed by atoms with van der Waals surface area (Å²) in [6.45, 7) is 7.40. The third-order valence-electron chi connectivity index (χ3n) is 8.18. The average Bonchev–Trinajstić information content (AvgIpc) is 3.44. The number of halogens is 1. The minimum Gasteiger partial charge on any atom is -0.454 e.